The van der Waals surface area contributed by atoms with Crippen molar-refractivity contribution in [1.82, 2.24) is 126 Å². The molecule has 0 amide bonds. The first-order chi connectivity index (χ1) is 66.5. The van der Waals surface area contributed by atoms with Crippen molar-refractivity contribution in [2.75, 3.05) is 76.3 Å². The fraction of sp³-hybridized carbons (Fsp3) is 0.460. The Morgan fingerprint density at radius 2 is 0.830 bits per heavy atom. The van der Waals surface area contributed by atoms with E-state index < -0.39 is 65.4 Å². The lowest BCUT2D eigenvalue weighted by molar-refractivity contribution is 0.00578. The van der Waals surface area contributed by atoms with E-state index in [-0.39, 0.29) is 74.6 Å². The molecule has 0 unspecified atom stereocenters. The van der Waals surface area contributed by atoms with Crippen molar-refractivity contribution in [3.63, 3.8) is 0 Å². The number of fused-ring (bicyclic) bond motifs is 5. The molecule has 14 aromatic heterocycles. The van der Waals surface area contributed by atoms with Crippen LogP contribution in [0.4, 0.5) is 0 Å². The lowest BCUT2D eigenvalue weighted by atomic mass is 9.82. The van der Waals surface area contributed by atoms with Crippen LogP contribution in [-0.2, 0) is 84.9 Å². The van der Waals surface area contributed by atoms with Gasteiger partial charge in [0.15, 0.2) is 0 Å². The second kappa shape index (κ2) is 46.2. The maximum Gasteiger partial charge on any atom is 0.498 e. The molecule has 0 aliphatic carbocycles. The van der Waals surface area contributed by atoms with Crippen LogP contribution in [0.25, 0.3) is 88.9 Å². The van der Waals surface area contributed by atoms with Crippen LogP contribution in [0.1, 0.15) is 61.3 Å². The number of rotatable bonds is 29. The van der Waals surface area contributed by atoms with Gasteiger partial charge in [0, 0.05) is 159 Å². The second-order valence-corrected chi connectivity index (χ2v) is 64.5. The third-order valence-corrected chi connectivity index (χ3v) is 36.1. The predicted octanol–water partition coefficient (Wildman–Crippen LogP) is 16.2. The molecule has 0 bridgehead atoms. The Morgan fingerprint density at radius 1 is 0.461 bits per heavy atom. The summed E-state index contributed by atoms with van der Waals surface area (Å²) in [7, 11) is -13.3. The highest BCUT2D eigenvalue weighted by Crippen LogP contribution is 2.41. The van der Waals surface area contributed by atoms with Crippen LogP contribution in [0, 0.1) is 34.0 Å². The molecule has 14 aromatic rings. The van der Waals surface area contributed by atoms with E-state index >= 15 is 0 Å². The van der Waals surface area contributed by atoms with E-state index in [4.69, 9.17) is 110 Å². The average Bonchev–Trinajstić information content (AvgIpc) is 1.70. The summed E-state index contributed by atoms with van der Waals surface area (Å²) in [5.41, 5.74) is 7.83. The maximum atomic E-state index is 12.2. The van der Waals surface area contributed by atoms with Gasteiger partial charge in [-0.15, -0.1) is 0 Å². The summed E-state index contributed by atoms with van der Waals surface area (Å²) < 4.78 is 113. The first-order valence-electron chi connectivity index (χ1n) is 44.7. The van der Waals surface area contributed by atoms with E-state index in [1.165, 1.54) is 44.3 Å². The van der Waals surface area contributed by atoms with Gasteiger partial charge in [0.2, 0.25) is 30.1 Å². The normalized spacial score (nSPS) is 15.7. The minimum Gasteiger partial charge on any atom is -0.399 e. The van der Waals surface area contributed by atoms with Crippen molar-refractivity contribution in [3.8, 4) is 52.0 Å². The number of nitrogens with one attached hydrogen (secondary N) is 4. The molecule has 0 radical (unpaired) electrons. The van der Waals surface area contributed by atoms with Crippen LogP contribution < -0.4 is 5.46 Å². The number of hydrogen-bond donors (Lipinski definition) is 4. The van der Waals surface area contributed by atoms with E-state index in [0.29, 0.717) is 110 Å². The van der Waals surface area contributed by atoms with E-state index in [1.54, 1.807) is 103 Å². The molecule has 4 fully saturated rings. The fourth-order valence-corrected chi connectivity index (χ4v) is 21.9. The van der Waals surface area contributed by atoms with Gasteiger partial charge in [-0.1, -0.05) is 140 Å². The van der Waals surface area contributed by atoms with Gasteiger partial charge in [0.1, 0.15) is 127 Å². The molecule has 18 heterocycles. The molecule has 40 nitrogen and oxygen atoms in total. The lowest BCUT2D eigenvalue weighted by Gasteiger charge is -2.47. The van der Waals surface area contributed by atoms with Crippen molar-refractivity contribution < 1.29 is 48.8 Å². The number of hydrogen-bond acceptors (Lipinski definition) is 28. The highest BCUT2D eigenvalue weighted by Gasteiger charge is 2.53. The van der Waals surface area contributed by atoms with Gasteiger partial charge in [-0.3, -0.25) is 33.3 Å². The van der Waals surface area contributed by atoms with Crippen molar-refractivity contribution >= 4 is 203 Å². The van der Waals surface area contributed by atoms with E-state index in [9.17, 15) is 35.8 Å². The van der Waals surface area contributed by atoms with Crippen molar-refractivity contribution in [1.29, 1.82) is 15.8 Å². The molecular formula is C87H111BCl7N29O11S3Si3. The maximum absolute atomic E-state index is 12.2. The fourth-order valence-electron chi connectivity index (χ4n) is 14.6. The van der Waals surface area contributed by atoms with Crippen LogP contribution in [0.5, 0.6) is 0 Å². The molecule has 141 heavy (non-hydrogen) atoms. The molecule has 54 heteroatoms. The van der Waals surface area contributed by atoms with Crippen molar-refractivity contribution in [2.45, 2.75) is 181 Å². The zero-order chi connectivity index (χ0) is 103. The minimum absolute atomic E-state index is 0.0263. The lowest BCUT2D eigenvalue weighted by Crippen LogP contribution is -2.64. The van der Waals surface area contributed by atoms with Gasteiger partial charge < -0.3 is 33.5 Å². The van der Waals surface area contributed by atoms with Gasteiger partial charge in [-0.05, 0) is 103 Å². The van der Waals surface area contributed by atoms with Crippen LogP contribution in [0.15, 0.2) is 123 Å². The number of halogens is 7. The molecule has 18 rings (SSSR count). The van der Waals surface area contributed by atoms with Gasteiger partial charge in [0.05, 0.1) is 106 Å². The quantitative estimate of drug-likeness (QED) is 0.0146. The van der Waals surface area contributed by atoms with E-state index in [2.05, 4.69) is 161 Å². The second-order valence-electron chi connectivity index (χ2n) is 38.2. The zero-order valence-corrected chi connectivity index (χ0v) is 91.5. The van der Waals surface area contributed by atoms with Crippen LogP contribution in [0.3, 0.4) is 0 Å². The Hall–Kier alpha value is -9.57. The van der Waals surface area contributed by atoms with Crippen LogP contribution >= 0.6 is 81.2 Å². The highest BCUT2D eigenvalue weighted by atomic mass is 35.5. The standard InChI is InChI=1S/C22H30ClN7O3SSi.C16H16ClN7O2S.C15H20ClN5OSi.C12H17Cl2N3OSi.C9H15BN2O2.C7H10N2O2S.C6H3Cl2N3/c1-5-34(31,32)28-13-22(14-28,6-7-24)30-12-17(11-27-30)20-18-10-19(23)29(21(18)26-15-25-20)16-33-8-9-35(2,3)4;1-2-27(25,26)23-8-16(9-23,3-4-18)24-7-11(6-21-24)14-12-5-13(17)22-15(12)20-10-19-14;1-23(2,3)5-4-22-10-21-13(16)6-12-14(11-7-19-20-8-11)17-9-18-15(12)21;1-19(2,3)5-4-18-8-17-10(13)6-9-11(14)15-7-16-12(9)17;1-8(2)9(3,4)14-10(13-8)7-5-11-12-6-7;1-2-12(10,11)9-5-7(6-9)3-4-8;7-4-1-3-5(8)9-2-10-6(3)11-4/h10-12,15H,5-6,8-9,13-14,16H2,1-4H3;5-7,10H,2-3,8-9H2,1H3,(H,19,20,22);6-9H,4-5,10H2,1-3H3,(H,19,20);6-7H,4-5,8H2,1-3H3;5-6H,1-4H3,(H,11,12);3H,2,5-6H2,1H3;1-2H,(H,9,10,11). The Balaban J connectivity index is 0.000000152. The topological polar surface area (TPSA) is 498 Å². The molecule has 0 aromatic carbocycles. The average molecular weight is 2180 g/mol. The van der Waals surface area contributed by atoms with E-state index in [0.717, 1.165) is 97.3 Å². The Labute approximate surface area is 855 Å². The third-order valence-electron chi connectivity index (χ3n) is 23.8. The molecule has 4 saturated heterocycles. The first kappa shape index (κ1) is 110. The SMILES string of the molecule is CC1(C)OB(c2cn[nH]c2)OC1(C)C.CCS(=O)(=O)N1CC(=CC#N)C1.CCS(=O)(=O)N1CC(CC#N)(n2cc(-c3ncnc4[nH]c(Cl)cc34)cn2)C1.CCS(=O)(=O)N1CC(CC#N)(n2cc(-c3ncnc4c3cc(Cl)n4COCC[Si](C)(C)C)cn2)C1.C[Si](C)(C)CCOCn1c(Cl)cc2c(-c3cn[nH]c3)ncnc21.C[Si](C)(C)CCOCn1c(Cl)cc2c(Cl)ncnc21.Clc1cc2c(Cl)ncnc2[nH]1. The van der Waals surface area contributed by atoms with E-state index in [1.807, 2.05) is 61.2 Å². The minimum atomic E-state index is -3.32. The monoisotopic (exact) mass is 2170 g/mol. The Kier molecular flexibility index (Phi) is 36.1. The summed E-state index contributed by atoms with van der Waals surface area (Å²) in [4.78, 5) is 47.7. The molecule has 0 atom stereocenters. The summed E-state index contributed by atoms with van der Waals surface area (Å²) in [6.45, 7) is 38.8. The molecule has 4 aliphatic rings. The molecule has 4 N–H and O–H groups in total. The summed E-state index contributed by atoms with van der Waals surface area (Å²) >= 11 is 42.5. The largest absolute Gasteiger partial charge is 0.498 e. The number of nitriles is 3. The number of allylic oxidation sites excluding steroid dienone is 1. The molecule has 4 aliphatic heterocycles. The van der Waals surface area contributed by atoms with Gasteiger partial charge in [-0.25, -0.2) is 75.1 Å². The summed E-state index contributed by atoms with van der Waals surface area (Å²) in [5.74, 6) is 0.193. The van der Waals surface area contributed by atoms with Crippen molar-refractivity contribution in [2.24, 2.45) is 0 Å². The van der Waals surface area contributed by atoms with Gasteiger partial charge in [-0.2, -0.15) is 49.1 Å². The third kappa shape index (κ3) is 27.2. The van der Waals surface area contributed by atoms with Crippen LogP contribution in [-0.4, -0.2) is 271 Å². The number of aromatic amines is 4. The zero-order valence-electron chi connectivity index (χ0n) is 80.7. The summed E-state index contributed by atoms with van der Waals surface area (Å²) in [6, 6.07) is 18.4. The summed E-state index contributed by atoms with van der Waals surface area (Å²) in [6.07, 6.45) is 23.0. The molecule has 752 valence electrons. The Bertz CT molecular complexity index is 7210. The van der Waals surface area contributed by atoms with Crippen LogP contribution in [0.2, 0.25) is 113 Å². The number of aromatic nitrogens is 23. The molecule has 0 spiro atoms. The predicted molar refractivity (Wildman–Crippen MR) is 555 cm³/mol. The van der Waals surface area contributed by atoms with Gasteiger partial charge in [0.25, 0.3) is 0 Å². The highest BCUT2D eigenvalue weighted by molar-refractivity contribution is 7.89. The van der Waals surface area contributed by atoms with Crippen molar-refractivity contribution in [3.05, 3.63) is 159 Å². The molecule has 0 saturated carbocycles. The molecular weight excluding hydrogens is 2070 g/mol. The number of sulfonamides is 3. The summed E-state index contributed by atoms with van der Waals surface area (Å²) in [5, 5.41) is 56.6. The van der Waals surface area contributed by atoms with Gasteiger partial charge >= 0.3 is 7.12 Å². The Morgan fingerprint density at radius 3 is 1.23 bits per heavy atom. The number of nitrogens with zero attached hydrogens (tertiary/aromatic N) is 25. The smallest absolute Gasteiger partial charge is 0.399 e. The number of H-pyrrole nitrogens is 4. The first-order valence-corrected chi connectivity index (χ1v) is 63.3. The number of ether oxygens (including phenoxy) is 3.